The fraction of sp³-hybridized carbons (Fsp3) is 0.190. The lowest BCUT2D eigenvalue weighted by Crippen LogP contribution is -2.14. The van der Waals surface area contributed by atoms with Crippen LogP contribution in [0.5, 0.6) is 11.5 Å². The van der Waals surface area contributed by atoms with Crippen LogP contribution in [0.3, 0.4) is 0 Å². The summed E-state index contributed by atoms with van der Waals surface area (Å²) >= 11 is 12.1. The Hall–Kier alpha value is -2.27. The smallest absolute Gasteiger partial charge is 0.166 e. The molecule has 140 valence electrons. The lowest BCUT2D eigenvalue weighted by molar-refractivity contribution is 0.280. The molecule has 0 atom stereocenters. The first-order valence-electron chi connectivity index (χ1n) is 8.50. The van der Waals surface area contributed by atoms with Gasteiger partial charge >= 0.3 is 0 Å². The van der Waals surface area contributed by atoms with E-state index >= 15 is 0 Å². The van der Waals surface area contributed by atoms with Gasteiger partial charge in [0.15, 0.2) is 11.5 Å². The van der Waals surface area contributed by atoms with Crippen LogP contribution < -0.4 is 14.8 Å². The normalized spacial score (nSPS) is 10.6. The zero-order valence-corrected chi connectivity index (χ0v) is 16.4. The summed E-state index contributed by atoms with van der Waals surface area (Å²) in [5, 5.41) is 4.42. The fourth-order valence-corrected chi connectivity index (χ4v) is 2.96. The first kappa shape index (κ1) is 19.5. The summed E-state index contributed by atoms with van der Waals surface area (Å²) in [6.45, 7) is 1.67. The Balaban J connectivity index is 1.69. The first-order chi connectivity index (χ1) is 13.2. The van der Waals surface area contributed by atoms with Crippen molar-refractivity contribution in [2.45, 2.75) is 19.7 Å². The number of ether oxygens (including phenoxy) is 2. The zero-order chi connectivity index (χ0) is 19.1. The summed E-state index contributed by atoms with van der Waals surface area (Å²) in [6.07, 6.45) is 1.79. The van der Waals surface area contributed by atoms with Crippen LogP contribution in [-0.2, 0) is 19.7 Å². The molecule has 0 aliphatic heterocycles. The molecule has 1 heterocycles. The minimum Gasteiger partial charge on any atom is -0.493 e. The zero-order valence-electron chi connectivity index (χ0n) is 14.9. The average Bonchev–Trinajstić information content (AvgIpc) is 2.70. The number of aromatic nitrogens is 1. The molecule has 3 rings (SSSR count). The number of hydrogen-bond donors (Lipinski definition) is 1. The number of methoxy groups -OCH3 is 1. The quantitative estimate of drug-likeness (QED) is 0.557. The Labute approximate surface area is 169 Å². The number of pyridine rings is 1. The maximum absolute atomic E-state index is 6.08. The van der Waals surface area contributed by atoms with Crippen molar-refractivity contribution in [2.24, 2.45) is 0 Å². The molecule has 0 saturated carbocycles. The monoisotopic (exact) mass is 402 g/mol. The van der Waals surface area contributed by atoms with Gasteiger partial charge in [-0.1, -0.05) is 47.5 Å². The van der Waals surface area contributed by atoms with E-state index in [1.165, 1.54) is 0 Å². The lowest BCUT2D eigenvalue weighted by atomic mass is 10.1. The number of benzene rings is 2. The van der Waals surface area contributed by atoms with Gasteiger partial charge in [-0.3, -0.25) is 4.98 Å². The van der Waals surface area contributed by atoms with Crippen LogP contribution in [0.4, 0.5) is 0 Å². The number of rotatable bonds is 8. The van der Waals surface area contributed by atoms with E-state index in [0.717, 1.165) is 16.8 Å². The first-order valence-corrected chi connectivity index (χ1v) is 9.26. The summed E-state index contributed by atoms with van der Waals surface area (Å²) in [5.41, 5.74) is 2.92. The van der Waals surface area contributed by atoms with E-state index in [1.54, 1.807) is 25.4 Å². The molecule has 2 aromatic carbocycles. The van der Waals surface area contributed by atoms with E-state index in [4.69, 9.17) is 32.7 Å². The van der Waals surface area contributed by atoms with Crippen molar-refractivity contribution in [3.63, 3.8) is 0 Å². The average molecular weight is 403 g/mol. The van der Waals surface area contributed by atoms with Crippen molar-refractivity contribution in [1.82, 2.24) is 10.3 Å². The van der Waals surface area contributed by atoms with Crippen LogP contribution in [0.15, 0.2) is 60.8 Å². The molecule has 0 saturated heterocycles. The second-order valence-corrected chi connectivity index (χ2v) is 6.72. The summed E-state index contributed by atoms with van der Waals surface area (Å²) in [7, 11) is 1.63. The number of para-hydroxylation sites is 1. The molecule has 0 aliphatic rings. The molecule has 1 aromatic heterocycles. The number of nitrogens with zero attached hydrogens (tertiary/aromatic N) is 1. The third kappa shape index (κ3) is 5.36. The van der Waals surface area contributed by atoms with E-state index in [2.05, 4.69) is 10.3 Å². The highest BCUT2D eigenvalue weighted by Crippen LogP contribution is 2.32. The molecule has 0 radical (unpaired) electrons. The van der Waals surface area contributed by atoms with Gasteiger partial charge in [0.25, 0.3) is 0 Å². The molecule has 0 aliphatic carbocycles. The Morgan fingerprint density at radius 3 is 2.59 bits per heavy atom. The van der Waals surface area contributed by atoms with Gasteiger partial charge in [0.1, 0.15) is 6.61 Å². The Bertz CT molecular complexity index is 889. The molecule has 0 amide bonds. The second kappa shape index (κ2) is 9.60. The minimum atomic E-state index is 0.366. The van der Waals surface area contributed by atoms with Crippen molar-refractivity contribution in [1.29, 1.82) is 0 Å². The van der Waals surface area contributed by atoms with Crippen LogP contribution in [0.2, 0.25) is 10.0 Å². The second-order valence-electron chi connectivity index (χ2n) is 5.91. The third-order valence-corrected chi connectivity index (χ3v) is 4.73. The third-order valence-electron chi connectivity index (χ3n) is 4.00. The lowest BCUT2D eigenvalue weighted by Gasteiger charge is -2.16. The summed E-state index contributed by atoms with van der Waals surface area (Å²) in [4.78, 5) is 4.32. The highest BCUT2D eigenvalue weighted by atomic mass is 35.5. The Morgan fingerprint density at radius 2 is 1.85 bits per heavy atom. The standard InChI is InChI=1S/C21H20Cl2N2O2/c1-26-20-7-4-5-16(12-24-13-17-6-2-3-10-25-17)21(20)27-14-15-8-9-18(22)19(23)11-15/h2-11,24H,12-14H2,1H3. The van der Waals surface area contributed by atoms with Gasteiger partial charge in [-0.2, -0.15) is 0 Å². The predicted molar refractivity (Wildman–Crippen MR) is 109 cm³/mol. The molecular weight excluding hydrogens is 383 g/mol. The molecule has 6 heteroatoms. The van der Waals surface area contributed by atoms with E-state index in [-0.39, 0.29) is 0 Å². The number of nitrogens with one attached hydrogen (secondary N) is 1. The molecule has 0 unspecified atom stereocenters. The van der Waals surface area contributed by atoms with Crippen LogP contribution in [0, 0.1) is 0 Å². The molecular formula is C21H20Cl2N2O2. The molecule has 4 nitrogen and oxygen atoms in total. The van der Waals surface area contributed by atoms with Gasteiger partial charge in [-0.15, -0.1) is 0 Å². The van der Waals surface area contributed by atoms with E-state index in [0.29, 0.717) is 41.2 Å². The van der Waals surface area contributed by atoms with Crippen LogP contribution in [0.1, 0.15) is 16.8 Å². The van der Waals surface area contributed by atoms with E-state index in [9.17, 15) is 0 Å². The van der Waals surface area contributed by atoms with Crippen LogP contribution in [0.25, 0.3) is 0 Å². The van der Waals surface area contributed by atoms with Crippen LogP contribution >= 0.6 is 23.2 Å². The highest BCUT2D eigenvalue weighted by molar-refractivity contribution is 6.42. The minimum absolute atomic E-state index is 0.366. The molecule has 0 bridgehead atoms. The molecule has 0 fully saturated rings. The molecule has 0 spiro atoms. The van der Waals surface area contributed by atoms with Crippen molar-refractivity contribution in [3.05, 3.63) is 87.7 Å². The SMILES string of the molecule is COc1cccc(CNCc2ccccn2)c1OCc1ccc(Cl)c(Cl)c1. The predicted octanol–water partition coefficient (Wildman–Crippen LogP) is 5.27. The summed E-state index contributed by atoms with van der Waals surface area (Å²) in [6, 6.07) is 17.2. The molecule has 1 N–H and O–H groups in total. The Morgan fingerprint density at radius 1 is 0.963 bits per heavy atom. The number of halogens is 2. The van der Waals surface area contributed by atoms with Crippen LogP contribution in [-0.4, -0.2) is 12.1 Å². The van der Waals surface area contributed by atoms with Crippen molar-refractivity contribution >= 4 is 23.2 Å². The van der Waals surface area contributed by atoms with Crippen molar-refractivity contribution in [3.8, 4) is 11.5 Å². The van der Waals surface area contributed by atoms with Gasteiger partial charge in [0, 0.05) is 24.8 Å². The maximum atomic E-state index is 6.08. The Kier molecular flexibility index (Phi) is 6.93. The van der Waals surface area contributed by atoms with Crippen molar-refractivity contribution < 1.29 is 9.47 Å². The van der Waals surface area contributed by atoms with Gasteiger partial charge in [0.2, 0.25) is 0 Å². The summed E-state index contributed by atoms with van der Waals surface area (Å²) in [5.74, 6) is 1.40. The largest absolute Gasteiger partial charge is 0.493 e. The van der Waals surface area contributed by atoms with Crippen molar-refractivity contribution in [2.75, 3.05) is 7.11 Å². The fourth-order valence-electron chi connectivity index (χ4n) is 2.64. The number of hydrogen-bond acceptors (Lipinski definition) is 4. The van der Waals surface area contributed by atoms with Gasteiger partial charge < -0.3 is 14.8 Å². The maximum Gasteiger partial charge on any atom is 0.166 e. The highest BCUT2D eigenvalue weighted by Gasteiger charge is 2.11. The summed E-state index contributed by atoms with van der Waals surface area (Å²) < 4.78 is 11.5. The van der Waals surface area contributed by atoms with Gasteiger partial charge in [0.05, 0.1) is 22.8 Å². The molecule has 3 aromatic rings. The topological polar surface area (TPSA) is 43.4 Å². The van der Waals surface area contributed by atoms with E-state index in [1.807, 2.05) is 42.5 Å². The van der Waals surface area contributed by atoms with Gasteiger partial charge in [-0.05, 0) is 35.9 Å². The van der Waals surface area contributed by atoms with Gasteiger partial charge in [-0.25, -0.2) is 0 Å². The molecule has 27 heavy (non-hydrogen) atoms. The van der Waals surface area contributed by atoms with E-state index < -0.39 is 0 Å².